The first-order valence-electron chi connectivity index (χ1n) is 5.30. The summed E-state index contributed by atoms with van der Waals surface area (Å²) in [4.78, 5) is 7.59. The summed E-state index contributed by atoms with van der Waals surface area (Å²) < 4.78 is 43.4. The highest BCUT2D eigenvalue weighted by Crippen LogP contribution is 2.29. The molecule has 0 aromatic carbocycles. The molecule has 0 aliphatic rings. The van der Waals surface area contributed by atoms with E-state index in [1.54, 1.807) is 6.92 Å². The van der Waals surface area contributed by atoms with Gasteiger partial charge in [0.25, 0.3) is 0 Å². The van der Waals surface area contributed by atoms with Crippen molar-refractivity contribution in [2.45, 2.75) is 13.1 Å². The van der Waals surface area contributed by atoms with E-state index in [0.717, 1.165) is 23.3 Å². The van der Waals surface area contributed by atoms with Gasteiger partial charge in [-0.2, -0.15) is 23.3 Å². The van der Waals surface area contributed by atoms with Crippen LogP contribution in [-0.4, -0.2) is 26.4 Å². The topological polar surface area (TPSA) is 78.9 Å². The highest BCUT2D eigenvalue weighted by Gasteiger charge is 2.34. The molecule has 2 heterocycles. The summed E-state index contributed by atoms with van der Waals surface area (Å²) in [5, 5.41) is 3.38. The maximum atomic E-state index is 12.5. The van der Waals surface area contributed by atoms with E-state index in [2.05, 4.69) is 15.1 Å². The van der Waals surface area contributed by atoms with E-state index in [4.69, 9.17) is 10.5 Å². The summed E-state index contributed by atoms with van der Waals surface area (Å²) in [7, 11) is 0. The SMILES string of the molecule is CCOc1ncnc(-n2ccc(C(F)(F)F)n2)c1N. The predicted octanol–water partition coefficient (Wildman–Crippen LogP) is 1.66. The summed E-state index contributed by atoms with van der Waals surface area (Å²) in [5.74, 6) is 0.144. The van der Waals surface area contributed by atoms with Crippen molar-refractivity contribution in [1.29, 1.82) is 0 Å². The Morgan fingerprint density at radius 1 is 1.37 bits per heavy atom. The number of rotatable bonds is 3. The van der Waals surface area contributed by atoms with Gasteiger partial charge in [0.1, 0.15) is 12.0 Å². The molecule has 0 spiro atoms. The molecule has 0 aliphatic heterocycles. The molecule has 0 amide bonds. The van der Waals surface area contributed by atoms with Gasteiger partial charge in [-0.1, -0.05) is 0 Å². The Morgan fingerprint density at radius 2 is 2.11 bits per heavy atom. The Labute approximate surface area is 106 Å². The van der Waals surface area contributed by atoms with Crippen LogP contribution < -0.4 is 10.5 Å². The van der Waals surface area contributed by atoms with Crippen LogP contribution in [0.2, 0.25) is 0 Å². The second-order valence-corrected chi connectivity index (χ2v) is 3.49. The van der Waals surface area contributed by atoms with E-state index in [0.29, 0.717) is 6.61 Å². The number of nitrogen functional groups attached to an aromatic ring is 1. The van der Waals surface area contributed by atoms with Crippen LogP contribution in [0.3, 0.4) is 0 Å². The third-order valence-corrected chi connectivity index (χ3v) is 2.20. The molecule has 6 nitrogen and oxygen atoms in total. The Kier molecular flexibility index (Phi) is 3.28. The third-order valence-electron chi connectivity index (χ3n) is 2.20. The predicted molar refractivity (Wildman–Crippen MR) is 59.7 cm³/mol. The van der Waals surface area contributed by atoms with Crippen molar-refractivity contribution in [1.82, 2.24) is 19.7 Å². The molecule has 9 heteroatoms. The van der Waals surface area contributed by atoms with Gasteiger partial charge in [-0.3, -0.25) is 0 Å². The van der Waals surface area contributed by atoms with Crippen LogP contribution >= 0.6 is 0 Å². The van der Waals surface area contributed by atoms with Crippen LogP contribution in [-0.2, 0) is 6.18 Å². The highest BCUT2D eigenvalue weighted by atomic mass is 19.4. The van der Waals surface area contributed by atoms with Crippen molar-refractivity contribution < 1.29 is 17.9 Å². The van der Waals surface area contributed by atoms with Gasteiger partial charge >= 0.3 is 6.18 Å². The Bertz CT molecular complexity index is 581. The normalized spacial score (nSPS) is 11.6. The van der Waals surface area contributed by atoms with E-state index in [9.17, 15) is 13.2 Å². The fourth-order valence-electron chi connectivity index (χ4n) is 1.40. The summed E-state index contributed by atoms with van der Waals surface area (Å²) >= 11 is 0. The van der Waals surface area contributed by atoms with E-state index < -0.39 is 11.9 Å². The fraction of sp³-hybridized carbons (Fsp3) is 0.300. The number of nitrogens with zero attached hydrogens (tertiary/aromatic N) is 4. The minimum Gasteiger partial charge on any atom is -0.476 e. The van der Waals surface area contributed by atoms with Crippen molar-refractivity contribution >= 4 is 5.69 Å². The standard InChI is InChI=1S/C10H10F3N5O/c1-2-19-9-7(14)8(15-5-16-9)18-4-3-6(17-18)10(11,12)13/h3-5H,2,14H2,1H3. The lowest BCUT2D eigenvalue weighted by Crippen LogP contribution is -2.10. The molecule has 0 unspecified atom stereocenters. The number of hydrogen-bond acceptors (Lipinski definition) is 5. The van der Waals surface area contributed by atoms with Crippen molar-refractivity contribution in [3.05, 3.63) is 24.3 Å². The number of alkyl halides is 3. The third kappa shape index (κ3) is 2.59. The largest absolute Gasteiger partial charge is 0.476 e. The smallest absolute Gasteiger partial charge is 0.435 e. The molecule has 0 saturated heterocycles. The molecule has 0 radical (unpaired) electrons. The number of hydrogen-bond donors (Lipinski definition) is 1. The molecule has 0 saturated carbocycles. The first-order chi connectivity index (χ1) is 8.93. The molecule has 2 rings (SSSR count). The minimum absolute atomic E-state index is 0.0289. The van der Waals surface area contributed by atoms with E-state index in [1.165, 1.54) is 0 Å². The van der Waals surface area contributed by atoms with Crippen molar-refractivity contribution in [3.8, 4) is 11.7 Å². The Hall–Kier alpha value is -2.32. The average Bonchev–Trinajstić information content (AvgIpc) is 2.81. The Morgan fingerprint density at radius 3 is 2.68 bits per heavy atom. The fourth-order valence-corrected chi connectivity index (χ4v) is 1.40. The summed E-state index contributed by atoms with van der Waals surface area (Å²) in [6.07, 6.45) is -2.25. The monoisotopic (exact) mass is 273 g/mol. The molecule has 102 valence electrons. The number of anilines is 1. The average molecular weight is 273 g/mol. The van der Waals surface area contributed by atoms with Gasteiger partial charge in [-0.15, -0.1) is 0 Å². The minimum atomic E-state index is -4.52. The van der Waals surface area contributed by atoms with Crippen LogP contribution in [0.4, 0.5) is 18.9 Å². The van der Waals surface area contributed by atoms with E-state index in [1.807, 2.05) is 0 Å². The molecule has 0 fully saturated rings. The zero-order chi connectivity index (χ0) is 14.0. The number of aromatic nitrogens is 4. The quantitative estimate of drug-likeness (QED) is 0.920. The molecule has 19 heavy (non-hydrogen) atoms. The lowest BCUT2D eigenvalue weighted by atomic mass is 10.4. The van der Waals surface area contributed by atoms with Gasteiger partial charge < -0.3 is 10.5 Å². The van der Waals surface area contributed by atoms with Gasteiger partial charge in [0.2, 0.25) is 5.88 Å². The zero-order valence-electron chi connectivity index (χ0n) is 9.85. The molecule has 0 atom stereocenters. The second-order valence-electron chi connectivity index (χ2n) is 3.49. The lowest BCUT2D eigenvalue weighted by molar-refractivity contribution is -0.141. The van der Waals surface area contributed by atoms with Crippen LogP contribution in [0.15, 0.2) is 18.6 Å². The van der Waals surface area contributed by atoms with Crippen LogP contribution in [0, 0.1) is 0 Å². The highest BCUT2D eigenvalue weighted by molar-refractivity contribution is 5.59. The van der Waals surface area contributed by atoms with Crippen molar-refractivity contribution in [2.75, 3.05) is 12.3 Å². The van der Waals surface area contributed by atoms with Crippen LogP contribution in [0.5, 0.6) is 5.88 Å². The second kappa shape index (κ2) is 4.75. The maximum absolute atomic E-state index is 12.5. The first-order valence-corrected chi connectivity index (χ1v) is 5.30. The van der Waals surface area contributed by atoms with Crippen molar-refractivity contribution in [2.24, 2.45) is 0 Å². The van der Waals surface area contributed by atoms with Gasteiger partial charge in [0.05, 0.1) is 6.61 Å². The summed E-state index contributed by atoms with van der Waals surface area (Å²) in [5.41, 5.74) is 4.73. The van der Waals surface area contributed by atoms with Crippen molar-refractivity contribution in [3.63, 3.8) is 0 Å². The first kappa shape index (κ1) is 13.1. The van der Waals surface area contributed by atoms with Crippen LogP contribution in [0.25, 0.3) is 5.82 Å². The van der Waals surface area contributed by atoms with E-state index >= 15 is 0 Å². The molecular formula is C10H10F3N5O. The van der Waals surface area contributed by atoms with E-state index in [-0.39, 0.29) is 17.4 Å². The molecule has 0 bridgehead atoms. The van der Waals surface area contributed by atoms with Gasteiger partial charge in [-0.25, -0.2) is 9.67 Å². The van der Waals surface area contributed by atoms with Gasteiger partial charge in [-0.05, 0) is 13.0 Å². The van der Waals surface area contributed by atoms with Gasteiger partial charge in [0, 0.05) is 6.20 Å². The van der Waals surface area contributed by atoms with Crippen LogP contribution in [0.1, 0.15) is 12.6 Å². The lowest BCUT2D eigenvalue weighted by Gasteiger charge is -2.08. The van der Waals surface area contributed by atoms with Gasteiger partial charge in [0.15, 0.2) is 11.5 Å². The summed E-state index contributed by atoms with van der Waals surface area (Å²) in [6.45, 7) is 2.06. The molecule has 2 aromatic heterocycles. The molecule has 2 aromatic rings. The zero-order valence-corrected chi connectivity index (χ0v) is 9.85. The maximum Gasteiger partial charge on any atom is 0.435 e. The molecular weight excluding hydrogens is 263 g/mol. The molecule has 2 N–H and O–H groups in total. The summed E-state index contributed by atoms with van der Waals surface area (Å²) in [6, 6.07) is 0.835. The number of nitrogens with two attached hydrogens (primary N) is 1. The number of ether oxygens (including phenoxy) is 1. The number of halogens is 3. The Balaban J connectivity index is 2.42. The molecule has 0 aliphatic carbocycles.